The van der Waals surface area contributed by atoms with E-state index in [0.29, 0.717) is 18.8 Å². The molecule has 0 nitrogen and oxygen atoms in total. The lowest BCUT2D eigenvalue weighted by atomic mass is 9.69. The molecule has 0 bridgehead atoms. The van der Waals surface area contributed by atoms with Crippen LogP contribution in [0.2, 0.25) is 0 Å². The van der Waals surface area contributed by atoms with Crippen LogP contribution in [0.25, 0.3) is 0 Å². The van der Waals surface area contributed by atoms with Crippen molar-refractivity contribution in [1.82, 2.24) is 0 Å². The summed E-state index contributed by atoms with van der Waals surface area (Å²) in [4.78, 5) is 0. The average Bonchev–Trinajstić information content (AvgIpc) is 2.58. The van der Waals surface area contributed by atoms with Crippen LogP contribution in [0.15, 0.2) is 24.3 Å². The van der Waals surface area contributed by atoms with Crippen molar-refractivity contribution in [2.45, 2.75) is 76.6 Å². The molecule has 0 saturated heterocycles. The highest BCUT2D eigenvalue weighted by Gasteiger charge is 2.34. The summed E-state index contributed by atoms with van der Waals surface area (Å²) in [5.41, 5.74) is 1.42. The van der Waals surface area contributed by atoms with Crippen molar-refractivity contribution in [2.24, 2.45) is 17.8 Å². The highest BCUT2D eigenvalue weighted by atomic mass is 19.2. The van der Waals surface area contributed by atoms with Crippen LogP contribution in [0.4, 0.5) is 8.78 Å². The topological polar surface area (TPSA) is 0 Å². The lowest BCUT2D eigenvalue weighted by Gasteiger charge is -2.36. The smallest absolute Gasteiger partial charge is 0.132 e. The van der Waals surface area contributed by atoms with E-state index in [1.165, 1.54) is 37.7 Å². The summed E-state index contributed by atoms with van der Waals surface area (Å²) in [6.45, 7) is 3.92. The molecule has 1 radical (unpaired) electrons. The van der Waals surface area contributed by atoms with Crippen LogP contribution in [-0.4, -0.2) is 12.3 Å². The zero-order chi connectivity index (χ0) is 15.5. The van der Waals surface area contributed by atoms with Gasteiger partial charge in [0.05, 0.1) is 0 Å². The van der Waals surface area contributed by atoms with Gasteiger partial charge >= 0.3 is 0 Å². The predicted octanol–water partition coefficient (Wildman–Crippen LogP) is 6.14. The average molecular weight is 307 g/mol. The van der Waals surface area contributed by atoms with Gasteiger partial charge < -0.3 is 0 Å². The number of halogens is 2. The molecule has 0 aliphatic heterocycles. The molecular weight excluding hydrogens is 278 g/mol. The molecule has 4 atom stereocenters. The molecule has 2 fully saturated rings. The minimum absolute atomic E-state index is 0.310. The predicted molar refractivity (Wildman–Crippen MR) is 88.0 cm³/mol. The normalized spacial score (nSPS) is 38.5. The Labute approximate surface area is 134 Å². The van der Waals surface area contributed by atoms with Crippen LogP contribution in [0, 0.1) is 23.7 Å². The molecule has 0 aromatic heterocycles. The van der Waals surface area contributed by atoms with E-state index < -0.39 is 12.3 Å². The van der Waals surface area contributed by atoms with Crippen molar-refractivity contribution in [3.63, 3.8) is 0 Å². The molecular formula is C20H29F2. The van der Waals surface area contributed by atoms with Crippen molar-refractivity contribution in [3.05, 3.63) is 30.2 Å². The summed E-state index contributed by atoms with van der Waals surface area (Å²) in [7, 11) is 0. The van der Waals surface area contributed by atoms with E-state index in [2.05, 4.69) is 18.7 Å². The first-order valence-electron chi connectivity index (χ1n) is 9.11. The summed E-state index contributed by atoms with van der Waals surface area (Å²) in [5.74, 6) is 3.53. The number of rotatable bonds is 3. The zero-order valence-electron chi connectivity index (χ0n) is 13.6. The van der Waals surface area contributed by atoms with E-state index >= 15 is 0 Å². The van der Waals surface area contributed by atoms with E-state index in [4.69, 9.17) is 0 Å². The second kappa shape index (κ2) is 7.27. The third-order valence-electron chi connectivity index (χ3n) is 6.25. The third kappa shape index (κ3) is 3.63. The van der Waals surface area contributed by atoms with E-state index in [1.54, 1.807) is 5.92 Å². The second-order valence-electron chi connectivity index (χ2n) is 7.52. The molecule has 0 amide bonds. The van der Waals surface area contributed by atoms with Crippen LogP contribution >= 0.6 is 0 Å². The molecule has 3 aliphatic rings. The van der Waals surface area contributed by atoms with Crippen LogP contribution in [0.1, 0.15) is 64.2 Å². The maximum absolute atomic E-state index is 13.6. The molecule has 0 heterocycles. The fourth-order valence-electron chi connectivity index (χ4n) is 4.67. The molecule has 3 aliphatic carbocycles. The fourth-order valence-corrected chi connectivity index (χ4v) is 4.67. The first-order valence-corrected chi connectivity index (χ1v) is 9.11. The summed E-state index contributed by atoms with van der Waals surface area (Å²) >= 11 is 0. The number of hydrogen-bond acceptors (Lipinski definition) is 0. The minimum atomic E-state index is -1.24. The van der Waals surface area contributed by atoms with E-state index in [-0.39, 0.29) is 0 Å². The maximum atomic E-state index is 13.6. The monoisotopic (exact) mass is 307 g/mol. The zero-order valence-corrected chi connectivity index (χ0v) is 13.6. The summed E-state index contributed by atoms with van der Waals surface area (Å²) in [5, 5.41) is 0. The van der Waals surface area contributed by atoms with Crippen LogP contribution in [0.5, 0.6) is 0 Å². The van der Waals surface area contributed by atoms with Crippen LogP contribution in [0.3, 0.4) is 0 Å². The molecule has 123 valence electrons. The van der Waals surface area contributed by atoms with Gasteiger partial charge in [-0.2, -0.15) is 0 Å². The molecule has 22 heavy (non-hydrogen) atoms. The minimum Gasteiger partial charge on any atom is -0.244 e. The molecule has 2 heteroatoms. The van der Waals surface area contributed by atoms with E-state index in [9.17, 15) is 8.78 Å². The first kappa shape index (κ1) is 16.2. The molecule has 2 saturated carbocycles. The highest BCUT2D eigenvalue weighted by Crippen LogP contribution is 2.44. The van der Waals surface area contributed by atoms with Gasteiger partial charge in [0, 0.05) is 0 Å². The summed E-state index contributed by atoms with van der Waals surface area (Å²) in [6, 6.07) is 0. The Balaban J connectivity index is 1.51. The lowest BCUT2D eigenvalue weighted by molar-refractivity contribution is 0.0973. The number of alkyl halides is 2. The van der Waals surface area contributed by atoms with Crippen molar-refractivity contribution < 1.29 is 8.78 Å². The Morgan fingerprint density at radius 2 is 1.68 bits per heavy atom. The van der Waals surface area contributed by atoms with Gasteiger partial charge in [-0.1, -0.05) is 17.7 Å². The van der Waals surface area contributed by atoms with E-state index in [0.717, 1.165) is 31.1 Å². The van der Waals surface area contributed by atoms with Crippen molar-refractivity contribution in [3.8, 4) is 0 Å². The van der Waals surface area contributed by atoms with Gasteiger partial charge in [0.15, 0.2) is 0 Å². The van der Waals surface area contributed by atoms with Crippen molar-refractivity contribution in [2.75, 3.05) is 0 Å². The van der Waals surface area contributed by atoms with Gasteiger partial charge in [-0.05, 0) is 87.9 Å². The Morgan fingerprint density at radius 1 is 0.909 bits per heavy atom. The van der Waals surface area contributed by atoms with Gasteiger partial charge in [0.25, 0.3) is 0 Å². The molecule has 0 spiro atoms. The molecule has 4 unspecified atom stereocenters. The largest absolute Gasteiger partial charge is 0.244 e. The van der Waals surface area contributed by atoms with Gasteiger partial charge in [0.2, 0.25) is 0 Å². The molecule has 0 N–H and O–H groups in total. The first-order chi connectivity index (χ1) is 10.7. The Morgan fingerprint density at radius 3 is 2.27 bits per heavy atom. The quantitative estimate of drug-likeness (QED) is 0.549. The third-order valence-corrected chi connectivity index (χ3v) is 6.25. The Kier molecular flexibility index (Phi) is 5.36. The molecule has 0 aromatic rings. The second-order valence-corrected chi connectivity index (χ2v) is 7.52. The number of allylic oxidation sites excluding steroid dienone is 3. The standard InChI is InChI=1S/C20H29F2/c1-2-14-3-5-15(6-4-14)16-7-9-17(10-8-16)18-11-12-19(21)20(22)13-18/h2,9,14,16,18-20H,1,3-8,10-13H2. The van der Waals surface area contributed by atoms with Gasteiger partial charge in [-0.3, -0.25) is 0 Å². The highest BCUT2D eigenvalue weighted by molar-refractivity contribution is 5.16. The SMILES string of the molecule is C=CC1CC[C](C2CC=C(C3CCC(F)C(F)C3)CC2)CC1. The number of hydrogen-bond donors (Lipinski definition) is 0. The lowest BCUT2D eigenvalue weighted by Crippen LogP contribution is -2.29. The Bertz CT molecular complexity index is 406. The van der Waals surface area contributed by atoms with Crippen molar-refractivity contribution >= 4 is 0 Å². The summed E-state index contributed by atoms with van der Waals surface area (Å²) in [6.07, 6.45) is 12.2. The van der Waals surface area contributed by atoms with Crippen LogP contribution in [-0.2, 0) is 0 Å². The fraction of sp³-hybridized carbons (Fsp3) is 0.750. The van der Waals surface area contributed by atoms with Gasteiger partial charge in [0.1, 0.15) is 12.3 Å². The van der Waals surface area contributed by atoms with Gasteiger partial charge in [-0.25, -0.2) is 8.78 Å². The van der Waals surface area contributed by atoms with E-state index in [1.807, 2.05) is 0 Å². The van der Waals surface area contributed by atoms with Crippen molar-refractivity contribution in [1.29, 1.82) is 0 Å². The molecule has 3 rings (SSSR count). The van der Waals surface area contributed by atoms with Crippen LogP contribution < -0.4 is 0 Å². The Hall–Kier alpha value is -0.660. The maximum Gasteiger partial charge on any atom is 0.132 e. The summed E-state index contributed by atoms with van der Waals surface area (Å²) < 4.78 is 26.9. The molecule has 0 aromatic carbocycles. The van der Waals surface area contributed by atoms with Gasteiger partial charge in [-0.15, -0.1) is 6.58 Å².